The zero-order chi connectivity index (χ0) is 11.3. The average Bonchev–Trinajstić information content (AvgIpc) is 2.60. The minimum absolute atomic E-state index is 0.443. The molecule has 2 rings (SSSR count). The summed E-state index contributed by atoms with van der Waals surface area (Å²) in [5, 5.41) is 0. The second-order valence-electron chi connectivity index (χ2n) is 5.69. The Kier molecular flexibility index (Phi) is 2.38. The van der Waals surface area contributed by atoms with Crippen LogP contribution in [0.2, 0.25) is 0 Å². The fourth-order valence-corrected chi connectivity index (χ4v) is 2.71. The van der Waals surface area contributed by atoms with E-state index in [2.05, 4.69) is 43.4 Å². The van der Waals surface area contributed by atoms with E-state index in [0.29, 0.717) is 16.7 Å². The zero-order valence-corrected chi connectivity index (χ0v) is 10.7. The topological polar surface area (TPSA) is 17.8 Å². The molecule has 0 N–H and O–H groups in total. The van der Waals surface area contributed by atoms with E-state index in [1.807, 2.05) is 6.33 Å². The molecule has 1 aromatic rings. The highest BCUT2D eigenvalue weighted by Gasteiger charge is 2.64. The highest BCUT2D eigenvalue weighted by Crippen LogP contribution is 2.68. The second-order valence-corrected chi connectivity index (χ2v) is 5.96. The molecule has 2 nitrogen and oxygen atoms in total. The van der Waals surface area contributed by atoms with Crippen molar-refractivity contribution < 1.29 is 0 Å². The van der Waals surface area contributed by atoms with Crippen LogP contribution in [0.4, 0.5) is 0 Å². The summed E-state index contributed by atoms with van der Waals surface area (Å²) in [5.41, 5.74) is 1.85. The number of alkyl halides is 1. The molecule has 0 radical (unpaired) electrons. The van der Waals surface area contributed by atoms with E-state index < -0.39 is 0 Å². The van der Waals surface area contributed by atoms with Crippen molar-refractivity contribution in [2.45, 2.75) is 40.1 Å². The Bertz CT molecular complexity index is 351. The van der Waals surface area contributed by atoms with Crippen molar-refractivity contribution in [3.05, 3.63) is 18.2 Å². The Morgan fingerprint density at radius 3 is 2.33 bits per heavy atom. The zero-order valence-electron chi connectivity index (χ0n) is 9.92. The van der Waals surface area contributed by atoms with E-state index in [9.17, 15) is 0 Å². The van der Waals surface area contributed by atoms with Crippen molar-refractivity contribution in [1.82, 2.24) is 9.55 Å². The number of rotatable bonds is 3. The lowest BCUT2D eigenvalue weighted by atomic mass is 10.0. The van der Waals surface area contributed by atoms with Crippen LogP contribution in [-0.4, -0.2) is 9.55 Å². The number of halogens is 1. The lowest BCUT2D eigenvalue weighted by molar-refractivity contribution is 0.457. The highest BCUT2D eigenvalue weighted by atomic mass is 35.5. The maximum Gasteiger partial charge on any atom is 0.0950 e. The fourth-order valence-electron chi connectivity index (χ4n) is 2.58. The molecule has 1 fully saturated rings. The van der Waals surface area contributed by atoms with Crippen molar-refractivity contribution in [2.24, 2.45) is 16.7 Å². The molecule has 15 heavy (non-hydrogen) atoms. The lowest BCUT2D eigenvalue weighted by Gasteiger charge is -2.04. The molecule has 0 amide bonds. The second kappa shape index (κ2) is 3.24. The Hall–Kier alpha value is -0.500. The van der Waals surface area contributed by atoms with Gasteiger partial charge in [0, 0.05) is 12.7 Å². The van der Waals surface area contributed by atoms with Crippen LogP contribution in [0.5, 0.6) is 0 Å². The predicted molar refractivity (Wildman–Crippen MR) is 62.8 cm³/mol. The first-order valence-electron chi connectivity index (χ1n) is 5.46. The Morgan fingerprint density at radius 1 is 1.33 bits per heavy atom. The van der Waals surface area contributed by atoms with E-state index in [0.717, 1.165) is 18.2 Å². The van der Waals surface area contributed by atoms with Gasteiger partial charge in [-0.25, -0.2) is 4.98 Å². The number of nitrogens with zero attached hydrogens (tertiary/aromatic N) is 2. The Labute approximate surface area is 96.7 Å². The number of hydrogen-bond donors (Lipinski definition) is 0. The van der Waals surface area contributed by atoms with Crippen molar-refractivity contribution >= 4 is 11.6 Å². The smallest absolute Gasteiger partial charge is 0.0950 e. The van der Waals surface area contributed by atoms with Crippen LogP contribution in [0.3, 0.4) is 0 Å². The summed E-state index contributed by atoms with van der Waals surface area (Å²) in [7, 11) is 0. The largest absolute Gasteiger partial charge is 0.337 e. The first-order valence-corrected chi connectivity index (χ1v) is 5.99. The molecule has 0 atom stereocenters. The number of hydrogen-bond acceptors (Lipinski definition) is 1. The molecule has 0 aromatic carbocycles. The predicted octanol–water partition coefficient (Wildman–Crippen LogP) is 3.30. The summed E-state index contributed by atoms with van der Waals surface area (Å²) in [6.45, 7) is 10.4. The van der Waals surface area contributed by atoms with Crippen LogP contribution in [0.1, 0.15) is 33.4 Å². The quantitative estimate of drug-likeness (QED) is 0.724. The molecule has 0 aliphatic heterocycles. The summed E-state index contributed by atoms with van der Waals surface area (Å²) >= 11 is 5.73. The van der Waals surface area contributed by atoms with Gasteiger partial charge >= 0.3 is 0 Å². The van der Waals surface area contributed by atoms with Gasteiger partial charge in [-0.1, -0.05) is 27.7 Å². The minimum Gasteiger partial charge on any atom is -0.337 e. The van der Waals surface area contributed by atoms with E-state index in [-0.39, 0.29) is 0 Å². The normalized spacial score (nSPS) is 23.0. The summed E-state index contributed by atoms with van der Waals surface area (Å²) in [6.07, 6.45) is 3.94. The summed E-state index contributed by atoms with van der Waals surface area (Å²) in [6, 6.07) is 0. The van der Waals surface area contributed by atoms with Crippen LogP contribution in [0.15, 0.2) is 12.5 Å². The summed E-state index contributed by atoms with van der Waals surface area (Å²) < 4.78 is 2.17. The molecule has 84 valence electrons. The molecule has 1 saturated carbocycles. The van der Waals surface area contributed by atoms with E-state index in [4.69, 9.17) is 11.6 Å². The van der Waals surface area contributed by atoms with Crippen LogP contribution in [-0.2, 0) is 12.4 Å². The molecule has 3 heteroatoms. The van der Waals surface area contributed by atoms with Gasteiger partial charge in [-0.2, -0.15) is 0 Å². The molecule has 1 aliphatic carbocycles. The Morgan fingerprint density at radius 2 is 1.93 bits per heavy atom. The van der Waals surface area contributed by atoms with Crippen LogP contribution in [0.25, 0.3) is 0 Å². The van der Waals surface area contributed by atoms with Gasteiger partial charge in [0.1, 0.15) is 0 Å². The fraction of sp³-hybridized carbons (Fsp3) is 0.750. The molecule has 0 unspecified atom stereocenters. The standard InChI is InChI=1S/C12H19ClN2/c1-11(2)10(12(11,3)4)7-15-6-9(5-13)14-8-15/h6,8,10H,5,7H2,1-4H3. The SMILES string of the molecule is CC1(C)C(Cn2cnc(CCl)c2)C1(C)C. The van der Waals surface area contributed by atoms with Crippen LogP contribution >= 0.6 is 11.6 Å². The van der Waals surface area contributed by atoms with E-state index in [1.54, 1.807) is 0 Å². The maximum absolute atomic E-state index is 5.73. The van der Waals surface area contributed by atoms with Gasteiger partial charge in [0.2, 0.25) is 0 Å². The number of aromatic nitrogens is 2. The van der Waals surface area contributed by atoms with Gasteiger partial charge in [-0.15, -0.1) is 11.6 Å². The summed E-state index contributed by atoms with van der Waals surface area (Å²) in [4.78, 5) is 4.24. The molecule has 0 bridgehead atoms. The van der Waals surface area contributed by atoms with Gasteiger partial charge < -0.3 is 4.57 Å². The molecular weight excluding hydrogens is 208 g/mol. The van der Waals surface area contributed by atoms with E-state index in [1.165, 1.54) is 0 Å². The lowest BCUT2D eigenvalue weighted by Crippen LogP contribution is -2.01. The van der Waals surface area contributed by atoms with Crippen molar-refractivity contribution in [3.63, 3.8) is 0 Å². The van der Waals surface area contributed by atoms with Crippen molar-refractivity contribution in [1.29, 1.82) is 0 Å². The Balaban J connectivity index is 2.06. The van der Waals surface area contributed by atoms with E-state index >= 15 is 0 Å². The van der Waals surface area contributed by atoms with Crippen LogP contribution < -0.4 is 0 Å². The first kappa shape index (κ1) is 11.0. The molecular formula is C12H19ClN2. The molecule has 1 aliphatic rings. The molecule has 1 heterocycles. The minimum atomic E-state index is 0.443. The van der Waals surface area contributed by atoms with Crippen molar-refractivity contribution in [3.8, 4) is 0 Å². The van der Waals surface area contributed by atoms with Gasteiger partial charge in [-0.3, -0.25) is 0 Å². The third kappa shape index (κ3) is 1.59. The monoisotopic (exact) mass is 226 g/mol. The maximum atomic E-state index is 5.73. The average molecular weight is 227 g/mol. The van der Waals surface area contributed by atoms with Crippen molar-refractivity contribution in [2.75, 3.05) is 0 Å². The molecule has 0 saturated heterocycles. The third-order valence-electron chi connectivity index (χ3n) is 4.54. The van der Waals surface area contributed by atoms with Gasteiger partial charge in [0.05, 0.1) is 17.9 Å². The number of imidazole rings is 1. The summed E-state index contributed by atoms with van der Waals surface area (Å²) in [5.74, 6) is 1.24. The van der Waals surface area contributed by atoms with Gasteiger partial charge in [-0.05, 0) is 16.7 Å². The van der Waals surface area contributed by atoms with Gasteiger partial charge in [0.25, 0.3) is 0 Å². The highest BCUT2D eigenvalue weighted by molar-refractivity contribution is 6.16. The first-order chi connectivity index (χ1) is 6.89. The third-order valence-corrected chi connectivity index (χ3v) is 4.81. The van der Waals surface area contributed by atoms with Gasteiger partial charge in [0.15, 0.2) is 0 Å². The molecule has 0 spiro atoms. The molecule has 1 aromatic heterocycles. The van der Waals surface area contributed by atoms with Crippen LogP contribution in [0, 0.1) is 16.7 Å².